The molecule has 7 heteroatoms. The fourth-order valence-electron chi connectivity index (χ4n) is 1.63. The average molecular weight is 347 g/mol. The molecule has 1 aromatic heterocycles. The van der Waals surface area contributed by atoms with E-state index in [1.807, 2.05) is 24.3 Å². The molecule has 2 rings (SSSR count). The summed E-state index contributed by atoms with van der Waals surface area (Å²) < 4.78 is 27.5. The molecular weight excluding hydrogens is 340 g/mol. The largest absolute Gasteiger partial charge is 0.283 e. The van der Waals surface area contributed by atoms with Crippen LogP contribution in [0.25, 0.3) is 0 Å². The fraction of sp³-hybridized carbons (Fsp3) is 0.167. The van der Waals surface area contributed by atoms with E-state index in [9.17, 15) is 8.78 Å². The molecule has 0 saturated heterocycles. The summed E-state index contributed by atoms with van der Waals surface area (Å²) in [5, 5.41) is 12.5. The van der Waals surface area contributed by atoms with Crippen LogP contribution < -0.4 is 0 Å². The minimum atomic E-state index is -2.82. The molecule has 0 atom stereocenters. The van der Waals surface area contributed by atoms with Crippen molar-refractivity contribution in [2.75, 3.05) is 0 Å². The molecule has 1 aromatic carbocycles. The molecule has 2 aromatic rings. The third-order valence-corrected chi connectivity index (χ3v) is 3.33. The molecule has 1 heterocycles. The summed E-state index contributed by atoms with van der Waals surface area (Å²) in [6, 6.07) is 8.96. The molecule has 0 aliphatic rings. The van der Waals surface area contributed by atoms with Crippen molar-refractivity contribution in [3.05, 3.63) is 50.7 Å². The van der Waals surface area contributed by atoms with Gasteiger partial charge in [0.25, 0.3) is 6.43 Å². The number of alkyl halides is 2. The van der Waals surface area contributed by atoms with E-state index in [0.29, 0.717) is 0 Å². The Morgan fingerprint density at radius 2 is 2.21 bits per heavy atom. The van der Waals surface area contributed by atoms with Gasteiger partial charge in [-0.3, -0.25) is 0 Å². The van der Waals surface area contributed by atoms with Gasteiger partial charge in [-0.15, -0.1) is 0 Å². The lowest BCUT2D eigenvalue weighted by Crippen LogP contribution is -2.02. The van der Waals surface area contributed by atoms with Crippen molar-refractivity contribution in [1.82, 2.24) is 9.78 Å². The van der Waals surface area contributed by atoms with Crippen LogP contribution in [0.2, 0.25) is 5.15 Å². The quantitative estimate of drug-likeness (QED) is 0.837. The normalized spacial score (nSPS) is 10.7. The fourth-order valence-corrected chi connectivity index (χ4v) is 2.31. The summed E-state index contributed by atoms with van der Waals surface area (Å²) in [6.45, 7) is 0.222. The van der Waals surface area contributed by atoms with Crippen LogP contribution in [-0.2, 0) is 6.54 Å². The van der Waals surface area contributed by atoms with Crippen LogP contribution in [0.1, 0.15) is 23.2 Å². The van der Waals surface area contributed by atoms with Crippen molar-refractivity contribution in [2.24, 2.45) is 0 Å². The maximum absolute atomic E-state index is 12.7. The first kappa shape index (κ1) is 14.0. The van der Waals surface area contributed by atoms with Crippen molar-refractivity contribution in [3.8, 4) is 6.07 Å². The first-order chi connectivity index (χ1) is 9.02. The third kappa shape index (κ3) is 2.94. The van der Waals surface area contributed by atoms with Gasteiger partial charge in [0.1, 0.15) is 22.5 Å². The number of hydrogen-bond acceptors (Lipinski definition) is 2. The molecule has 0 aliphatic heterocycles. The Kier molecular flexibility index (Phi) is 4.17. The van der Waals surface area contributed by atoms with Crippen molar-refractivity contribution < 1.29 is 8.78 Å². The topological polar surface area (TPSA) is 41.6 Å². The van der Waals surface area contributed by atoms with Crippen molar-refractivity contribution in [2.45, 2.75) is 13.0 Å². The molecule has 0 spiro atoms. The van der Waals surface area contributed by atoms with Crippen LogP contribution in [0.4, 0.5) is 8.78 Å². The second-order valence-electron chi connectivity index (χ2n) is 3.75. The predicted octanol–water partition coefficient (Wildman–Crippen LogP) is 4.16. The van der Waals surface area contributed by atoms with Gasteiger partial charge in [0.2, 0.25) is 0 Å². The van der Waals surface area contributed by atoms with Gasteiger partial charge >= 0.3 is 0 Å². The van der Waals surface area contributed by atoms with E-state index in [-0.39, 0.29) is 17.3 Å². The molecule has 0 amide bonds. The first-order valence-electron chi connectivity index (χ1n) is 5.22. The second kappa shape index (κ2) is 5.68. The highest BCUT2D eigenvalue weighted by atomic mass is 79.9. The molecule has 3 nitrogen and oxygen atoms in total. The van der Waals surface area contributed by atoms with Gasteiger partial charge in [0.05, 0.1) is 6.54 Å². The molecule has 0 bridgehead atoms. The van der Waals surface area contributed by atoms with Crippen LogP contribution in [0.3, 0.4) is 0 Å². The molecule has 0 aliphatic carbocycles. The molecule has 0 saturated carbocycles. The Morgan fingerprint density at radius 3 is 2.74 bits per heavy atom. The van der Waals surface area contributed by atoms with Gasteiger partial charge in [-0.25, -0.2) is 13.5 Å². The van der Waals surface area contributed by atoms with Crippen molar-refractivity contribution in [1.29, 1.82) is 5.26 Å². The highest BCUT2D eigenvalue weighted by molar-refractivity contribution is 9.10. The van der Waals surface area contributed by atoms with Gasteiger partial charge in [0, 0.05) is 4.47 Å². The summed E-state index contributed by atoms with van der Waals surface area (Å²) in [5.74, 6) is 0. The first-order valence-corrected chi connectivity index (χ1v) is 6.39. The molecule has 0 radical (unpaired) electrons. The SMILES string of the molecule is N#Cc1c(C(F)F)nn(Cc2cccc(Br)c2)c1Cl. The molecule has 0 fully saturated rings. The summed E-state index contributed by atoms with van der Waals surface area (Å²) in [5.41, 5.74) is -0.0155. The maximum Gasteiger partial charge on any atom is 0.283 e. The number of halogens is 4. The zero-order valence-corrected chi connectivity index (χ0v) is 11.8. The summed E-state index contributed by atoms with van der Waals surface area (Å²) in [4.78, 5) is 0. The molecule has 98 valence electrons. The van der Waals surface area contributed by atoms with Crippen LogP contribution in [0.5, 0.6) is 0 Å². The summed E-state index contributed by atoms with van der Waals surface area (Å²) >= 11 is 9.21. The van der Waals surface area contributed by atoms with E-state index in [0.717, 1.165) is 10.0 Å². The van der Waals surface area contributed by atoms with Crippen LogP contribution in [-0.4, -0.2) is 9.78 Å². The molecular formula is C12H7BrClF2N3. The molecule has 0 unspecified atom stereocenters. The second-order valence-corrected chi connectivity index (χ2v) is 5.02. The van der Waals surface area contributed by atoms with E-state index >= 15 is 0 Å². The zero-order chi connectivity index (χ0) is 14.0. The number of nitrogens with zero attached hydrogens (tertiary/aromatic N) is 3. The van der Waals surface area contributed by atoms with Gasteiger partial charge < -0.3 is 0 Å². The highest BCUT2D eigenvalue weighted by Crippen LogP contribution is 2.27. The highest BCUT2D eigenvalue weighted by Gasteiger charge is 2.23. The van der Waals surface area contributed by atoms with Crippen LogP contribution >= 0.6 is 27.5 Å². The van der Waals surface area contributed by atoms with E-state index < -0.39 is 12.1 Å². The molecule has 0 N–H and O–H groups in total. The number of hydrogen-bond donors (Lipinski definition) is 0. The van der Waals surface area contributed by atoms with E-state index in [1.54, 1.807) is 6.07 Å². The number of benzene rings is 1. The van der Waals surface area contributed by atoms with E-state index in [1.165, 1.54) is 4.68 Å². The summed E-state index contributed by atoms with van der Waals surface area (Å²) in [6.07, 6.45) is -2.82. The van der Waals surface area contributed by atoms with Crippen LogP contribution in [0.15, 0.2) is 28.7 Å². The smallest absolute Gasteiger partial charge is 0.248 e. The standard InChI is InChI=1S/C12H7BrClF2N3/c13-8-3-1-2-7(4-8)6-19-11(14)9(5-17)10(18-19)12(15)16/h1-4,12H,6H2. The Labute approximate surface area is 121 Å². The van der Waals surface area contributed by atoms with Crippen molar-refractivity contribution in [3.63, 3.8) is 0 Å². The lowest BCUT2D eigenvalue weighted by atomic mass is 10.2. The van der Waals surface area contributed by atoms with Gasteiger partial charge in [0.15, 0.2) is 0 Å². The van der Waals surface area contributed by atoms with Crippen LogP contribution in [0, 0.1) is 11.3 Å². The maximum atomic E-state index is 12.7. The number of nitriles is 1. The Bertz CT molecular complexity index is 649. The minimum Gasteiger partial charge on any atom is -0.248 e. The van der Waals surface area contributed by atoms with Crippen molar-refractivity contribution >= 4 is 27.5 Å². The van der Waals surface area contributed by atoms with Gasteiger partial charge in [-0.05, 0) is 17.7 Å². The zero-order valence-electron chi connectivity index (χ0n) is 9.45. The average Bonchev–Trinajstić information content (AvgIpc) is 2.66. The summed E-state index contributed by atoms with van der Waals surface area (Å²) in [7, 11) is 0. The minimum absolute atomic E-state index is 0.0715. The number of rotatable bonds is 3. The Balaban J connectivity index is 2.39. The lowest BCUT2D eigenvalue weighted by Gasteiger charge is -2.03. The Morgan fingerprint density at radius 1 is 1.47 bits per heavy atom. The third-order valence-electron chi connectivity index (χ3n) is 2.46. The number of aromatic nitrogens is 2. The monoisotopic (exact) mass is 345 g/mol. The predicted molar refractivity (Wildman–Crippen MR) is 70.2 cm³/mol. The van der Waals surface area contributed by atoms with Gasteiger partial charge in [-0.1, -0.05) is 39.7 Å². The van der Waals surface area contributed by atoms with Gasteiger partial charge in [-0.2, -0.15) is 10.4 Å². The molecule has 19 heavy (non-hydrogen) atoms. The Hall–Kier alpha value is -1.45. The lowest BCUT2D eigenvalue weighted by molar-refractivity contribution is 0.144. The van der Waals surface area contributed by atoms with E-state index in [2.05, 4.69) is 21.0 Å². The van der Waals surface area contributed by atoms with E-state index in [4.69, 9.17) is 16.9 Å².